The van der Waals surface area contributed by atoms with Gasteiger partial charge in [0, 0.05) is 29.1 Å². The number of thioether (sulfide) groups is 1. The maximum Gasteiger partial charge on any atom is 0.288 e. The minimum atomic E-state index is -2.45. The van der Waals surface area contributed by atoms with Gasteiger partial charge < -0.3 is 10.6 Å². The molecule has 2 atom stereocenters. The Morgan fingerprint density at radius 1 is 1.30 bits per heavy atom. The zero-order valence-electron chi connectivity index (χ0n) is 12.6. The molecule has 0 spiro atoms. The fourth-order valence-electron chi connectivity index (χ4n) is 3.57. The van der Waals surface area contributed by atoms with Crippen LogP contribution in [-0.2, 0) is 4.79 Å². The van der Waals surface area contributed by atoms with Gasteiger partial charge in [-0.05, 0) is 49.8 Å². The van der Waals surface area contributed by atoms with Gasteiger partial charge in [-0.2, -0.15) is 8.78 Å². The minimum absolute atomic E-state index is 0. The fraction of sp³-hybridized carbons (Fsp3) is 0.562. The summed E-state index contributed by atoms with van der Waals surface area (Å²) in [6, 6.07) is 7.78. The van der Waals surface area contributed by atoms with E-state index in [1.165, 1.54) is 12.8 Å². The number of hydrogen-bond acceptors (Lipinski definition) is 3. The molecule has 2 fully saturated rings. The van der Waals surface area contributed by atoms with Crippen molar-refractivity contribution in [1.82, 2.24) is 5.32 Å². The summed E-state index contributed by atoms with van der Waals surface area (Å²) in [5.74, 6) is -2.04. The highest BCUT2D eigenvalue weighted by molar-refractivity contribution is 7.99. The standard InChI is InChI=1S/C16H20F2N2OS.ClH/c17-16(18)22-14-3-1-2-11(9-14)20-15(21)8-10-6-12-4-5-13(7-10)19-12;/h1-3,9-10,12-13,16,19H,4-8H2,(H,20,21);1H. The van der Waals surface area contributed by atoms with E-state index in [1.54, 1.807) is 24.3 Å². The first-order valence-corrected chi connectivity index (χ1v) is 8.57. The Morgan fingerprint density at radius 3 is 2.65 bits per heavy atom. The van der Waals surface area contributed by atoms with Crippen LogP contribution in [0, 0.1) is 5.92 Å². The maximum atomic E-state index is 12.4. The number of halogens is 3. The molecule has 0 radical (unpaired) electrons. The molecule has 2 aliphatic heterocycles. The zero-order chi connectivity index (χ0) is 15.5. The van der Waals surface area contributed by atoms with Gasteiger partial charge in [0.15, 0.2) is 0 Å². The molecule has 2 heterocycles. The van der Waals surface area contributed by atoms with Crippen LogP contribution in [0.4, 0.5) is 14.5 Å². The largest absolute Gasteiger partial charge is 0.326 e. The van der Waals surface area contributed by atoms with Crippen LogP contribution in [0.15, 0.2) is 29.2 Å². The molecule has 1 amide bonds. The van der Waals surface area contributed by atoms with Crippen molar-refractivity contribution >= 4 is 35.8 Å². The topological polar surface area (TPSA) is 41.1 Å². The van der Waals surface area contributed by atoms with E-state index in [1.807, 2.05) is 0 Å². The first-order chi connectivity index (χ1) is 10.6. The molecule has 3 nitrogen and oxygen atoms in total. The molecule has 0 aliphatic carbocycles. The number of carbonyl (C=O) groups is 1. The highest BCUT2D eigenvalue weighted by Crippen LogP contribution is 2.33. The Hall–Kier alpha value is -0.850. The van der Waals surface area contributed by atoms with Crippen molar-refractivity contribution < 1.29 is 13.6 Å². The van der Waals surface area contributed by atoms with Crippen molar-refractivity contribution in [3.8, 4) is 0 Å². The second-order valence-corrected chi connectivity index (χ2v) is 7.20. The lowest BCUT2D eigenvalue weighted by atomic mass is 9.89. The molecule has 2 aliphatic rings. The molecular weight excluding hydrogens is 342 g/mol. The highest BCUT2D eigenvalue weighted by Gasteiger charge is 2.34. The molecular formula is C16H21ClF2N2OS. The Bertz CT molecular complexity index is 535. The van der Waals surface area contributed by atoms with Gasteiger partial charge in [0.05, 0.1) is 0 Å². The van der Waals surface area contributed by atoms with Gasteiger partial charge in [0.2, 0.25) is 5.91 Å². The lowest BCUT2D eigenvalue weighted by Gasteiger charge is -2.28. The number of carbonyl (C=O) groups excluding carboxylic acids is 1. The van der Waals surface area contributed by atoms with E-state index in [0.717, 1.165) is 12.8 Å². The monoisotopic (exact) mass is 362 g/mol. The van der Waals surface area contributed by atoms with Crippen LogP contribution in [0.2, 0.25) is 0 Å². The third-order valence-corrected chi connectivity index (χ3v) is 5.09. The molecule has 0 aromatic heterocycles. The van der Waals surface area contributed by atoms with Crippen LogP contribution in [0.25, 0.3) is 0 Å². The van der Waals surface area contributed by atoms with E-state index in [2.05, 4.69) is 10.6 Å². The predicted octanol–water partition coefficient (Wildman–Crippen LogP) is 4.28. The number of nitrogens with one attached hydrogen (secondary N) is 2. The molecule has 0 saturated carbocycles. The van der Waals surface area contributed by atoms with Crippen LogP contribution in [0.1, 0.15) is 32.1 Å². The zero-order valence-corrected chi connectivity index (χ0v) is 14.3. The molecule has 7 heteroatoms. The molecule has 1 aromatic carbocycles. The number of rotatable bonds is 5. The number of benzene rings is 1. The fourth-order valence-corrected chi connectivity index (χ4v) is 4.12. The third kappa shape index (κ3) is 5.33. The number of alkyl halides is 2. The Morgan fingerprint density at radius 2 is 2.00 bits per heavy atom. The first kappa shape index (κ1) is 18.5. The summed E-state index contributed by atoms with van der Waals surface area (Å²) in [5, 5.41) is 6.40. The molecule has 3 rings (SSSR count). The van der Waals surface area contributed by atoms with Gasteiger partial charge in [-0.15, -0.1) is 12.4 Å². The van der Waals surface area contributed by atoms with E-state index in [0.29, 0.717) is 46.8 Å². The van der Waals surface area contributed by atoms with Crippen LogP contribution in [0.3, 0.4) is 0 Å². The SMILES string of the molecule is Cl.O=C(CC1CC2CCC(C1)N2)Nc1cccc(SC(F)F)c1. The quantitative estimate of drug-likeness (QED) is 0.768. The molecule has 128 valence electrons. The molecule has 2 N–H and O–H groups in total. The first-order valence-electron chi connectivity index (χ1n) is 7.69. The highest BCUT2D eigenvalue weighted by atomic mass is 35.5. The van der Waals surface area contributed by atoms with Gasteiger partial charge in [0.25, 0.3) is 5.76 Å². The Labute approximate surface area is 145 Å². The summed E-state index contributed by atoms with van der Waals surface area (Å²) >= 11 is 0.491. The van der Waals surface area contributed by atoms with E-state index in [4.69, 9.17) is 0 Å². The van der Waals surface area contributed by atoms with Gasteiger partial charge in [-0.25, -0.2) is 0 Å². The summed E-state index contributed by atoms with van der Waals surface area (Å²) in [4.78, 5) is 12.6. The number of amides is 1. The van der Waals surface area contributed by atoms with E-state index >= 15 is 0 Å². The van der Waals surface area contributed by atoms with Gasteiger partial charge in [0.1, 0.15) is 0 Å². The summed E-state index contributed by atoms with van der Waals surface area (Å²) in [5.41, 5.74) is 0.590. The van der Waals surface area contributed by atoms with Crippen LogP contribution >= 0.6 is 24.2 Å². The molecule has 1 aromatic rings. The van der Waals surface area contributed by atoms with E-state index in [-0.39, 0.29) is 18.3 Å². The minimum Gasteiger partial charge on any atom is -0.326 e. The molecule has 23 heavy (non-hydrogen) atoms. The average molecular weight is 363 g/mol. The maximum absolute atomic E-state index is 12.4. The third-order valence-electron chi connectivity index (χ3n) is 4.39. The summed E-state index contributed by atoms with van der Waals surface area (Å²) < 4.78 is 24.7. The summed E-state index contributed by atoms with van der Waals surface area (Å²) in [7, 11) is 0. The summed E-state index contributed by atoms with van der Waals surface area (Å²) in [6.45, 7) is 0. The van der Waals surface area contributed by atoms with Gasteiger partial charge >= 0.3 is 0 Å². The smallest absolute Gasteiger partial charge is 0.288 e. The van der Waals surface area contributed by atoms with Crippen LogP contribution < -0.4 is 10.6 Å². The van der Waals surface area contributed by atoms with Crippen molar-refractivity contribution in [3.63, 3.8) is 0 Å². The lowest BCUT2D eigenvalue weighted by Crippen LogP contribution is -2.39. The molecule has 2 bridgehead atoms. The van der Waals surface area contributed by atoms with Crippen molar-refractivity contribution in [2.24, 2.45) is 5.92 Å². The van der Waals surface area contributed by atoms with E-state index < -0.39 is 5.76 Å². The lowest BCUT2D eigenvalue weighted by molar-refractivity contribution is -0.117. The molecule has 2 saturated heterocycles. The Kier molecular flexibility index (Phi) is 6.68. The molecule has 2 unspecified atom stereocenters. The van der Waals surface area contributed by atoms with Gasteiger partial charge in [-0.1, -0.05) is 17.8 Å². The normalized spacial score (nSPS) is 26.0. The van der Waals surface area contributed by atoms with Crippen molar-refractivity contribution in [3.05, 3.63) is 24.3 Å². The number of piperidine rings is 1. The van der Waals surface area contributed by atoms with Crippen molar-refractivity contribution in [1.29, 1.82) is 0 Å². The number of fused-ring (bicyclic) bond motifs is 2. The van der Waals surface area contributed by atoms with Crippen molar-refractivity contribution in [2.75, 3.05) is 5.32 Å². The Balaban J connectivity index is 0.00000192. The average Bonchev–Trinajstić information content (AvgIpc) is 2.77. The summed E-state index contributed by atoms with van der Waals surface area (Å²) in [6.07, 6.45) is 5.07. The second-order valence-electron chi connectivity index (χ2n) is 6.13. The van der Waals surface area contributed by atoms with Crippen LogP contribution in [0.5, 0.6) is 0 Å². The van der Waals surface area contributed by atoms with Crippen LogP contribution in [-0.4, -0.2) is 23.7 Å². The number of anilines is 1. The number of hydrogen-bond donors (Lipinski definition) is 2. The van der Waals surface area contributed by atoms with Crippen molar-refractivity contribution in [2.45, 2.75) is 54.8 Å². The predicted molar refractivity (Wildman–Crippen MR) is 91.5 cm³/mol. The second kappa shape index (κ2) is 8.31. The van der Waals surface area contributed by atoms with Gasteiger partial charge in [-0.3, -0.25) is 4.79 Å². The van der Waals surface area contributed by atoms with E-state index in [9.17, 15) is 13.6 Å².